The molecule has 0 aromatic carbocycles. The predicted octanol–water partition coefficient (Wildman–Crippen LogP) is 3.09. The van der Waals surface area contributed by atoms with Crippen LogP contribution in [0.3, 0.4) is 0 Å². The minimum absolute atomic E-state index is 0.134. The molecule has 0 aliphatic carbocycles. The van der Waals surface area contributed by atoms with E-state index in [-0.39, 0.29) is 11.8 Å². The van der Waals surface area contributed by atoms with Gasteiger partial charge in [0.25, 0.3) is 0 Å². The molecule has 0 saturated heterocycles. The fraction of sp³-hybridized carbons (Fsp3) is 0.727. The van der Waals surface area contributed by atoms with Crippen molar-refractivity contribution < 1.29 is 9.90 Å². The van der Waals surface area contributed by atoms with Crippen molar-refractivity contribution in [2.45, 2.75) is 40.0 Å². The Morgan fingerprint density at radius 2 is 2.08 bits per heavy atom. The molecule has 2 atom stereocenters. The molecule has 0 radical (unpaired) electrons. The molecule has 2 nitrogen and oxygen atoms in total. The Morgan fingerprint density at radius 1 is 1.46 bits per heavy atom. The van der Waals surface area contributed by atoms with Gasteiger partial charge < -0.3 is 5.11 Å². The van der Waals surface area contributed by atoms with E-state index in [0.717, 1.165) is 6.42 Å². The number of carboxylic acids is 1. The monoisotopic (exact) mass is 184 g/mol. The Morgan fingerprint density at radius 3 is 2.54 bits per heavy atom. The summed E-state index contributed by atoms with van der Waals surface area (Å²) in [4.78, 5) is 10.6. The summed E-state index contributed by atoms with van der Waals surface area (Å²) in [6.07, 6.45) is 7.53. The molecule has 13 heavy (non-hydrogen) atoms. The van der Waals surface area contributed by atoms with Crippen LogP contribution in [-0.2, 0) is 4.79 Å². The summed E-state index contributed by atoms with van der Waals surface area (Å²) in [6.45, 7) is 5.84. The first-order valence-electron chi connectivity index (χ1n) is 4.99. The highest BCUT2D eigenvalue weighted by Gasteiger charge is 2.15. The molecule has 0 aromatic rings. The van der Waals surface area contributed by atoms with Gasteiger partial charge in [0.05, 0.1) is 5.92 Å². The highest BCUT2D eigenvalue weighted by molar-refractivity contribution is 5.70. The lowest BCUT2D eigenvalue weighted by molar-refractivity contribution is -0.142. The number of hydrogen-bond acceptors (Lipinski definition) is 1. The predicted molar refractivity (Wildman–Crippen MR) is 54.6 cm³/mol. The molecule has 0 bridgehead atoms. The van der Waals surface area contributed by atoms with Crippen molar-refractivity contribution in [3.05, 3.63) is 12.2 Å². The van der Waals surface area contributed by atoms with Crippen molar-refractivity contribution in [1.29, 1.82) is 0 Å². The number of aliphatic carboxylic acids is 1. The standard InChI is InChI=1S/C11H20O2/c1-4-5-6-7-8-9(2)10(3)11(12)13/h7-10H,4-6H2,1-3H3,(H,12,13)/b8-7-. The minimum Gasteiger partial charge on any atom is -0.481 e. The van der Waals surface area contributed by atoms with Crippen LogP contribution in [-0.4, -0.2) is 11.1 Å². The van der Waals surface area contributed by atoms with E-state index in [9.17, 15) is 4.79 Å². The van der Waals surface area contributed by atoms with E-state index in [0.29, 0.717) is 0 Å². The van der Waals surface area contributed by atoms with Gasteiger partial charge in [-0.25, -0.2) is 0 Å². The number of hydrogen-bond donors (Lipinski definition) is 1. The van der Waals surface area contributed by atoms with Crippen LogP contribution >= 0.6 is 0 Å². The first kappa shape index (κ1) is 12.2. The van der Waals surface area contributed by atoms with Crippen molar-refractivity contribution in [2.75, 3.05) is 0 Å². The number of rotatable bonds is 6. The van der Waals surface area contributed by atoms with Gasteiger partial charge in [-0.2, -0.15) is 0 Å². The highest BCUT2D eigenvalue weighted by atomic mass is 16.4. The van der Waals surface area contributed by atoms with Crippen molar-refractivity contribution in [3.63, 3.8) is 0 Å². The Labute approximate surface area is 80.7 Å². The third kappa shape index (κ3) is 5.45. The van der Waals surface area contributed by atoms with Gasteiger partial charge in [-0.1, -0.05) is 45.8 Å². The summed E-state index contributed by atoms with van der Waals surface area (Å²) in [5.74, 6) is -0.861. The summed E-state index contributed by atoms with van der Waals surface area (Å²) in [6, 6.07) is 0. The first-order valence-corrected chi connectivity index (χ1v) is 4.99. The molecular weight excluding hydrogens is 164 g/mol. The second-order valence-corrected chi connectivity index (χ2v) is 3.56. The summed E-state index contributed by atoms with van der Waals surface area (Å²) < 4.78 is 0. The maximum atomic E-state index is 10.6. The molecule has 0 spiro atoms. The van der Waals surface area contributed by atoms with Crippen LogP contribution in [0.5, 0.6) is 0 Å². The molecule has 0 heterocycles. The molecule has 0 aliphatic heterocycles. The minimum atomic E-state index is -0.715. The molecule has 1 N–H and O–H groups in total. The molecule has 0 aliphatic rings. The average Bonchev–Trinajstić information content (AvgIpc) is 2.10. The van der Waals surface area contributed by atoms with Gasteiger partial charge in [0.2, 0.25) is 0 Å². The molecule has 0 rings (SSSR count). The van der Waals surface area contributed by atoms with Crippen LogP contribution in [0, 0.1) is 11.8 Å². The van der Waals surface area contributed by atoms with Gasteiger partial charge in [-0.15, -0.1) is 0 Å². The zero-order valence-electron chi connectivity index (χ0n) is 8.79. The number of carboxylic acid groups (broad SMARTS) is 1. The summed E-state index contributed by atoms with van der Waals surface area (Å²) >= 11 is 0. The maximum Gasteiger partial charge on any atom is 0.306 e. The quantitative estimate of drug-likeness (QED) is 0.508. The topological polar surface area (TPSA) is 37.3 Å². The summed E-state index contributed by atoms with van der Waals surface area (Å²) in [7, 11) is 0. The fourth-order valence-corrected chi connectivity index (χ4v) is 1.02. The molecular formula is C11H20O2. The van der Waals surface area contributed by atoms with Gasteiger partial charge >= 0.3 is 5.97 Å². The highest BCUT2D eigenvalue weighted by Crippen LogP contribution is 2.13. The van der Waals surface area contributed by atoms with Gasteiger partial charge in [-0.3, -0.25) is 4.79 Å². The van der Waals surface area contributed by atoms with Gasteiger partial charge in [-0.05, 0) is 12.3 Å². The second-order valence-electron chi connectivity index (χ2n) is 3.56. The van der Waals surface area contributed by atoms with Crippen molar-refractivity contribution in [2.24, 2.45) is 11.8 Å². The Kier molecular flexibility index (Phi) is 6.29. The van der Waals surface area contributed by atoms with Crippen molar-refractivity contribution >= 4 is 5.97 Å². The van der Waals surface area contributed by atoms with E-state index in [2.05, 4.69) is 13.0 Å². The molecule has 2 heteroatoms. The molecule has 0 fully saturated rings. The Hall–Kier alpha value is -0.790. The van der Waals surface area contributed by atoms with Crippen LogP contribution < -0.4 is 0 Å². The SMILES string of the molecule is CCCC/C=C\C(C)C(C)C(=O)O. The van der Waals surface area contributed by atoms with Gasteiger partial charge in [0.1, 0.15) is 0 Å². The van der Waals surface area contributed by atoms with E-state index >= 15 is 0 Å². The van der Waals surface area contributed by atoms with Gasteiger partial charge in [0, 0.05) is 0 Å². The lowest BCUT2D eigenvalue weighted by Crippen LogP contribution is -2.16. The third-order valence-corrected chi connectivity index (χ3v) is 2.34. The average molecular weight is 184 g/mol. The molecule has 0 amide bonds. The zero-order chi connectivity index (χ0) is 10.3. The summed E-state index contributed by atoms with van der Waals surface area (Å²) in [5, 5.41) is 8.72. The Bertz CT molecular complexity index is 173. The lowest BCUT2D eigenvalue weighted by Gasteiger charge is -2.10. The third-order valence-electron chi connectivity index (χ3n) is 2.34. The number of carbonyl (C=O) groups is 1. The molecule has 76 valence electrons. The van der Waals surface area contributed by atoms with Crippen LogP contribution in [0.2, 0.25) is 0 Å². The van der Waals surface area contributed by atoms with Crippen molar-refractivity contribution in [3.8, 4) is 0 Å². The van der Waals surface area contributed by atoms with Gasteiger partial charge in [0.15, 0.2) is 0 Å². The lowest BCUT2D eigenvalue weighted by atomic mass is 9.95. The largest absolute Gasteiger partial charge is 0.481 e. The van der Waals surface area contributed by atoms with E-state index in [1.807, 2.05) is 13.0 Å². The zero-order valence-corrected chi connectivity index (χ0v) is 8.79. The molecule has 2 unspecified atom stereocenters. The van der Waals surface area contributed by atoms with E-state index < -0.39 is 5.97 Å². The van der Waals surface area contributed by atoms with E-state index in [4.69, 9.17) is 5.11 Å². The van der Waals surface area contributed by atoms with Crippen LogP contribution in [0.15, 0.2) is 12.2 Å². The smallest absolute Gasteiger partial charge is 0.306 e. The Balaban J connectivity index is 3.77. The summed E-state index contributed by atoms with van der Waals surface area (Å²) in [5.41, 5.74) is 0. The van der Waals surface area contributed by atoms with E-state index in [1.165, 1.54) is 12.8 Å². The first-order chi connectivity index (χ1) is 6.09. The molecule has 0 saturated carbocycles. The molecule has 0 aromatic heterocycles. The van der Waals surface area contributed by atoms with Crippen LogP contribution in [0.25, 0.3) is 0 Å². The van der Waals surface area contributed by atoms with Crippen LogP contribution in [0.4, 0.5) is 0 Å². The fourth-order valence-electron chi connectivity index (χ4n) is 1.02. The number of unbranched alkanes of at least 4 members (excludes halogenated alkanes) is 2. The normalized spacial score (nSPS) is 15.9. The van der Waals surface area contributed by atoms with Crippen LogP contribution in [0.1, 0.15) is 40.0 Å². The van der Waals surface area contributed by atoms with E-state index in [1.54, 1.807) is 6.92 Å². The maximum absolute atomic E-state index is 10.6. The number of allylic oxidation sites excluding steroid dienone is 2. The van der Waals surface area contributed by atoms with Crippen molar-refractivity contribution in [1.82, 2.24) is 0 Å². The second kappa shape index (κ2) is 6.70.